The Labute approximate surface area is 192 Å². The van der Waals surface area contributed by atoms with Crippen LogP contribution in [0.2, 0.25) is 0 Å². The summed E-state index contributed by atoms with van der Waals surface area (Å²) in [7, 11) is 0. The van der Waals surface area contributed by atoms with E-state index in [4.69, 9.17) is 10.00 Å². The van der Waals surface area contributed by atoms with Gasteiger partial charge in [0.25, 0.3) is 5.91 Å². The Balaban J connectivity index is 1.25. The van der Waals surface area contributed by atoms with Crippen LogP contribution in [-0.2, 0) is 13.0 Å². The Hall–Kier alpha value is -3.73. The monoisotopic (exact) mass is 442 g/mol. The quantitative estimate of drug-likeness (QED) is 0.604. The molecule has 1 atom stereocenters. The highest BCUT2D eigenvalue weighted by atomic mass is 16.5. The summed E-state index contributed by atoms with van der Waals surface area (Å²) >= 11 is 0. The van der Waals surface area contributed by atoms with Crippen molar-refractivity contribution >= 4 is 5.91 Å². The molecule has 0 bridgehead atoms. The van der Waals surface area contributed by atoms with Gasteiger partial charge in [0.1, 0.15) is 23.5 Å². The number of amides is 1. The highest BCUT2D eigenvalue weighted by Crippen LogP contribution is 2.29. The van der Waals surface area contributed by atoms with Crippen molar-refractivity contribution in [1.82, 2.24) is 24.6 Å². The molecule has 0 spiro atoms. The maximum absolute atomic E-state index is 13.2. The van der Waals surface area contributed by atoms with Crippen LogP contribution in [0.1, 0.15) is 65.6 Å². The van der Waals surface area contributed by atoms with Gasteiger partial charge in [-0.05, 0) is 56.0 Å². The molecule has 1 amide bonds. The van der Waals surface area contributed by atoms with E-state index in [1.54, 1.807) is 36.4 Å². The van der Waals surface area contributed by atoms with Crippen LogP contribution in [0.5, 0.6) is 11.6 Å². The summed E-state index contributed by atoms with van der Waals surface area (Å²) in [6.45, 7) is 2.41. The molecule has 8 nitrogen and oxygen atoms in total. The van der Waals surface area contributed by atoms with Crippen molar-refractivity contribution in [3.8, 4) is 17.7 Å². The van der Waals surface area contributed by atoms with Crippen LogP contribution in [0.4, 0.5) is 0 Å². The summed E-state index contributed by atoms with van der Waals surface area (Å²) in [6, 6.07) is 12.4. The molecule has 0 radical (unpaired) electrons. The van der Waals surface area contributed by atoms with E-state index in [-0.39, 0.29) is 11.8 Å². The van der Waals surface area contributed by atoms with Crippen LogP contribution in [-0.4, -0.2) is 43.6 Å². The number of ether oxygens (including phenoxy) is 1. The molecule has 2 aromatic heterocycles. The van der Waals surface area contributed by atoms with Gasteiger partial charge < -0.3 is 14.2 Å². The van der Waals surface area contributed by atoms with Crippen molar-refractivity contribution in [3.05, 3.63) is 65.4 Å². The first-order valence-corrected chi connectivity index (χ1v) is 11.6. The molecule has 8 heteroatoms. The molecule has 2 aliphatic heterocycles. The molecule has 0 N–H and O–H groups in total. The van der Waals surface area contributed by atoms with E-state index >= 15 is 0 Å². The van der Waals surface area contributed by atoms with E-state index in [1.807, 2.05) is 11.0 Å². The first-order chi connectivity index (χ1) is 16.2. The first kappa shape index (κ1) is 21.1. The Morgan fingerprint density at radius 1 is 1.03 bits per heavy atom. The topological polar surface area (TPSA) is 96.9 Å². The van der Waals surface area contributed by atoms with Gasteiger partial charge in [0.15, 0.2) is 0 Å². The summed E-state index contributed by atoms with van der Waals surface area (Å²) in [6.07, 6.45) is 8.03. The Kier molecular flexibility index (Phi) is 6.03. The standard InChI is InChI=1S/C25H26N6O2/c26-15-18-7-12-23(27-16-18)33-21-10-8-19(9-11-21)25(32)30-13-4-5-20(17-30)24-29-28-22-6-2-1-3-14-31(22)24/h7-12,16,20H,1-6,13-14,17H2. The number of aryl methyl sites for hydroxylation is 1. The lowest BCUT2D eigenvalue weighted by atomic mass is 9.96. The fraction of sp³-hybridized carbons (Fsp3) is 0.400. The van der Waals surface area contributed by atoms with Crippen LogP contribution in [0, 0.1) is 11.3 Å². The average molecular weight is 443 g/mol. The van der Waals surface area contributed by atoms with Crippen LogP contribution in [0.15, 0.2) is 42.6 Å². The second-order valence-corrected chi connectivity index (χ2v) is 8.65. The summed E-state index contributed by atoms with van der Waals surface area (Å²) < 4.78 is 8.02. The molecule has 168 valence electrons. The third-order valence-electron chi connectivity index (χ3n) is 6.40. The number of pyridine rings is 1. The molecule has 3 aromatic rings. The molecule has 4 heterocycles. The highest BCUT2D eigenvalue weighted by Gasteiger charge is 2.30. The molecule has 5 rings (SSSR count). The lowest BCUT2D eigenvalue weighted by molar-refractivity contribution is 0.0703. The van der Waals surface area contributed by atoms with E-state index in [1.165, 1.54) is 25.5 Å². The number of piperidine rings is 1. The Morgan fingerprint density at radius 3 is 2.70 bits per heavy atom. The largest absolute Gasteiger partial charge is 0.439 e. The highest BCUT2D eigenvalue weighted by molar-refractivity contribution is 5.94. The molecule has 0 saturated carbocycles. The first-order valence-electron chi connectivity index (χ1n) is 11.6. The number of nitrogens with zero attached hydrogens (tertiary/aromatic N) is 6. The fourth-order valence-corrected chi connectivity index (χ4v) is 4.66. The van der Waals surface area contributed by atoms with Crippen molar-refractivity contribution in [2.45, 2.75) is 51.0 Å². The molecule has 1 aromatic carbocycles. The van der Waals surface area contributed by atoms with E-state index in [0.29, 0.717) is 29.3 Å². The van der Waals surface area contributed by atoms with Gasteiger partial charge in [-0.1, -0.05) is 6.42 Å². The van der Waals surface area contributed by atoms with Crippen LogP contribution < -0.4 is 4.74 Å². The smallest absolute Gasteiger partial charge is 0.253 e. The number of likely N-dealkylation sites (tertiary alicyclic amines) is 1. The third-order valence-corrected chi connectivity index (χ3v) is 6.40. The van der Waals surface area contributed by atoms with E-state index in [2.05, 4.69) is 19.7 Å². The minimum atomic E-state index is 0.0263. The molecule has 33 heavy (non-hydrogen) atoms. The number of carbonyl (C=O) groups excluding carboxylic acids is 1. The molecule has 1 saturated heterocycles. The van der Waals surface area contributed by atoms with Crippen molar-refractivity contribution in [2.75, 3.05) is 13.1 Å². The SMILES string of the molecule is N#Cc1ccc(Oc2ccc(C(=O)N3CCCC(c4nnc5n4CCCCC5)C3)cc2)nc1. The molecule has 0 aliphatic carbocycles. The second-order valence-electron chi connectivity index (χ2n) is 8.65. The minimum Gasteiger partial charge on any atom is -0.439 e. The second kappa shape index (κ2) is 9.41. The predicted octanol–water partition coefficient (Wildman–Crippen LogP) is 4.08. The predicted molar refractivity (Wildman–Crippen MR) is 121 cm³/mol. The number of hydrogen-bond acceptors (Lipinski definition) is 6. The number of rotatable bonds is 4. The number of aromatic nitrogens is 4. The average Bonchev–Trinajstić information content (AvgIpc) is 3.12. The van der Waals surface area contributed by atoms with Crippen molar-refractivity contribution < 1.29 is 9.53 Å². The van der Waals surface area contributed by atoms with Gasteiger partial charge in [0.05, 0.1) is 5.56 Å². The number of hydrogen-bond donors (Lipinski definition) is 0. The van der Waals surface area contributed by atoms with Gasteiger partial charge in [0, 0.05) is 49.8 Å². The van der Waals surface area contributed by atoms with Crippen LogP contribution in [0.25, 0.3) is 0 Å². The number of carbonyl (C=O) groups is 1. The lowest BCUT2D eigenvalue weighted by Gasteiger charge is -2.32. The maximum Gasteiger partial charge on any atom is 0.253 e. The van der Waals surface area contributed by atoms with Crippen molar-refractivity contribution in [3.63, 3.8) is 0 Å². The zero-order valence-corrected chi connectivity index (χ0v) is 18.5. The molecular formula is C25H26N6O2. The van der Waals surface area contributed by atoms with Crippen LogP contribution in [0.3, 0.4) is 0 Å². The van der Waals surface area contributed by atoms with E-state index in [9.17, 15) is 4.79 Å². The van der Waals surface area contributed by atoms with Gasteiger partial charge in [-0.2, -0.15) is 5.26 Å². The van der Waals surface area contributed by atoms with Gasteiger partial charge in [-0.15, -0.1) is 10.2 Å². The normalized spacial score (nSPS) is 18.2. The lowest BCUT2D eigenvalue weighted by Crippen LogP contribution is -2.39. The summed E-state index contributed by atoms with van der Waals surface area (Å²) in [5.74, 6) is 3.39. The van der Waals surface area contributed by atoms with Gasteiger partial charge >= 0.3 is 0 Å². The number of fused-ring (bicyclic) bond motifs is 1. The molecule has 1 unspecified atom stereocenters. The van der Waals surface area contributed by atoms with Gasteiger partial charge in [0.2, 0.25) is 5.88 Å². The van der Waals surface area contributed by atoms with E-state index < -0.39 is 0 Å². The molecule has 1 fully saturated rings. The zero-order chi connectivity index (χ0) is 22.6. The fourth-order valence-electron chi connectivity index (χ4n) is 4.66. The summed E-state index contributed by atoms with van der Waals surface area (Å²) in [5, 5.41) is 17.8. The molecular weight excluding hydrogens is 416 g/mol. The van der Waals surface area contributed by atoms with Crippen LogP contribution >= 0.6 is 0 Å². The summed E-state index contributed by atoms with van der Waals surface area (Å²) in [4.78, 5) is 19.2. The maximum atomic E-state index is 13.2. The number of benzene rings is 1. The van der Waals surface area contributed by atoms with Crippen molar-refractivity contribution in [1.29, 1.82) is 5.26 Å². The third kappa shape index (κ3) is 4.58. The van der Waals surface area contributed by atoms with Gasteiger partial charge in [-0.3, -0.25) is 4.79 Å². The summed E-state index contributed by atoms with van der Waals surface area (Å²) in [5.41, 5.74) is 1.11. The minimum absolute atomic E-state index is 0.0263. The molecule has 2 aliphatic rings. The van der Waals surface area contributed by atoms with Crippen molar-refractivity contribution in [2.24, 2.45) is 0 Å². The zero-order valence-electron chi connectivity index (χ0n) is 18.5. The number of nitriles is 1. The van der Waals surface area contributed by atoms with Gasteiger partial charge in [-0.25, -0.2) is 4.98 Å². The Morgan fingerprint density at radius 2 is 1.91 bits per heavy atom. The van der Waals surface area contributed by atoms with E-state index in [0.717, 1.165) is 44.0 Å². The Bertz CT molecular complexity index is 1160.